The van der Waals surface area contributed by atoms with Crippen LogP contribution >= 0.6 is 12.4 Å². The Morgan fingerprint density at radius 2 is 1.87 bits per heavy atom. The molecule has 0 spiro atoms. The zero-order chi connectivity index (χ0) is 16.2. The Morgan fingerprint density at radius 1 is 1.22 bits per heavy atom. The molecule has 1 heterocycles. The Kier molecular flexibility index (Phi) is 7.13. The Labute approximate surface area is 144 Å². The highest BCUT2D eigenvalue weighted by Gasteiger charge is 2.29. The molecule has 0 bridgehead atoms. The van der Waals surface area contributed by atoms with Crippen LogP contribution in [0.25, 0.3) is 0 Å². The van der Waals surface area contributed by atoms with E-state index < -0.39 is 10.0 Å². The van der Waals surface area contributed by atoms with Crippen LogP contribution in [-0.2, 0) is 10.0 Å². The summed E-state index contributed by atoms with van der Waals surface area (Å²) >= 11 is 0. The number of halogens is 1. The van der Waals surface area contributed by atoms with Crippen molar-refractivity contribution < 1.29 is 17.9 Å². The van der Waals surface area contributed by atoms with Crippen LogP contribution < -0.4 is 19.5 Å². The summed E-state index contributed by atoms with van der Waals surface area (Å²) < 4.78 is 38.2. The van der Waals surface area contributed by atoms with E-state index in [-0.39, 0.29) is 22.7 Å². The predicted molar refractivity (Wildman–Crippen MR) is 92.2 cm³/mol. The van der Waals surface area contributed by atoms with Gasteiger partial charge in [0.05, 0.1) is 14.2 Å². The van der Waals surface area contributed by atoms with Gasteiger partial charge in [0.15, 0.2) is 0 Å². The molecule has 1 fully saturated rings. The molecular weight excluding hydrogens is 340 g/mol. The van der Waals surface area contributed by atoms with Crippen LogP contribution in [0, 0.1) is 5.41 Å². The van der Waals surface area contributed by atoms with Crippen LogP contribution in [0.3, 0.4) is 0 Å². The molecule has 1 aliphatic heterocycles. The highest BCUT2D eigenvalue weighted by Crippen LogP contribution is 2.30. The molecular formula is C15H25ClN2O4S. The van der Waals surface area contributed by atoms with E-state index in [2.05, 4.69) is 17.0 Å². The molecule has 1 aromatic rings. The number of ether oxygens (including phenoxy) is 2. The number of sulfonamides is 1. The van der Waals surface area contributed by atoms with Crippen molar-refractivity contribution in [1.82, 2.24) is 10.0 Å². The number of piperidine rings is 1. The standard InChI is InChI=1S/C15H24N2O4S.ClH/c1-15(6-8-16-9-7-15)11-17-22(18,19)14-10-12(20-2)4-5-13(14)21-3;/h4-5,10,16-17H,6-9,11H2,1-3H3;1H. The van der Waals surface area contributed by atoms with Gasteiger partial charge in [-0.2, -0.15) is 0 Å². The van der Waals surface area contributed by atoms with Gasteiger partial charge in [-0.25, -0.2) is 13.1 Å². The first-order chi connectivity index (χ1) is 10.4. The minimum atomic E-state index is -3.65. The highest BCUT2D eigenvalue weighted by molar-refractivity contribution is 7.89. The van der Waals surface area contributed by atoms with Crippen molar-refractivity contribution in [2.45, 2.75) is 24.7 Å². The topological polar surface area (TPSA) is 76.7 Å². The summed E-state index contributed by atoms with van der Waals surface area (Å²) in [5.41, 5.74) is -0.0234. The lowest BCUT2D eigenvalue weighted by atomic mass is 9.81. The van der Waals surface area contributed by atoms with Crippen LogP contribution in [0.4, 0.5) is 0 Å². The molecule has 6 nitrogen and oxygen atoms in total. The monoisotopic (exact) mass is 364 g/mol. The largest absolute Gasteiger partial charge is 0.497 e. The number of nitrogens with one attached hydrogen (secondary N) is 2. The molecule has 0 amide bonds. The van der Waals surface area contributed by atoms with Crippen LogP contribution in [0.2, 0.25) is 0 Å². The van der Waals surface area contributed by atoms with E-state index in [9.17, 15) is 8.42 Å². The van der Waals surface area contributed by atoms with E-state index in [4.69, 9.17) is 9.47 Å². The van der Waals surface area contributed by atoms with E-state index in [1.165, 1.54) is 20.3 Å². The van der Waals surface area contributed by atoms with E-state index in [1.54, 1.807) is 12.1 Å². The van der Waals surface area contributed by atoms with Gasteiger partial charge in [-0.1, -0.05) is 6.92 Å². The normalized spacial score (nSPS) is 17.2. The fourth-order valence-electron chi connectivity index (χ4n) is 2.55. The number of rotatable bonds is 6. The summed E-state index contributed by atoms with van der Waals surface area (Å²) in [6.07, 6.45) is 1.90. The van der Waals surface area contributed by atoms with E-state index in [0.29, 0.717) is 18.0 Å². The summed E-state index contributed by atoms with van der Waals surface area (Å²) in [7, 11) is -0.694. The second kappa shape index (κ2) is 8.19. The van der Waals surface area contributed by atoms with Gasteiger partial charge in [-0.15, -0.1) is 12.4 Å². The van der Waals surface area contributed by atoms with Crippen molar-refractivity contribution in [3.63, 3.8) is 0 Å². The molecule has 1 saturated heterocycles. The van der Waals surface area contributed by atoms with Crippen molar-refractivity contribution in [1.29, 1.82) is 0 Å². The lowest BCUT2D eigenvalue weighted by Gasteiger charge is -2.34. The van der Waals surface area contributed by atoms with Crippen LogP contribution in [0.5, 0.6) is 11.5 Å². The summed E-state index contributed by atoms with van der Waals surface area (Å²) in [6.45, 7) is 4.36. The molecule has 23 heavy (non-hydrogen) atoms. The fourth-order valence-corrected chi connectivity index (χ4v) is 3.93. The van der Waals surface area contributed by atoms with Crippen molar-refractivity contribution >= 4 is 22.4 Å². The average Bonchev–Trinajstić information content (AvgIpc) is 2.53. The second-order valence-electron chi connectivity index (χ2n) is 5.90. The highest BCUT2D eigenvalue weighted by atomic mass is 35.5. The van der Waals surface area contributed by atoms with E-state index in [0.717, 1.165) is 25.9 Å². The first kappa shape index (κ1) is 20.0. The lowest BCUT2D eigenvalue weighted by molar-refractivity contribution is 0.232. The minimum Gasteiger partial charge on any atom is -0.497 e. The summed E-state index contributed by atoms with van der Waals surface area (Å²) in [5.74, 6) is 0.790. The Balaban J connectivity index is 0.00000264. The van der Waals surface area contributed by atoms with Gasteiger partial charge in [-0.05, 0) is 43.5 Å². The first-order valence-electron chi connectivity index (χ1n) is 7.33. The smallest absolute Gasteiger partial charge is 0.244 e. The van der Waals surface area contributed by atoms with Crippen LogP contribution in [-0.4, -0.2) is 42.3 Å². The zero-order valence-electron chi connectivity index (χ0n) is 13.7. The maximum atomic E-state index is 12.6. The number of methoxy groups -OCH3 is 2. The zero-order valence-corrected chi connectivity index (χ0v) is 15.4. The molecule has 0 aliphatic carbocycles. The van der Waals surface area contributed by atoms with Gasteiger partial charge in [0.25, 0.3) is 0 Å². The molecule has 2 N–H and O–H groups in total. The van der Waals surface area contributed by atoms with Crippen molar-refractivity contribution in [2.75, 3.05) is 33.9 Å². The Bertz CT molecular complexity index is 616. The van der Waals surface area contributed by atoms with Gasteiger partial charge < -0.3 is 14.8 Å². The molecule has 1 aliphatic rings. The van der Waals surface area contributed by atoms with Gasteiger partial charge in [0.1, 0.15) is 16.4 Å². The van der Waals surface area contributed by atoms with Gasteiger partial charge in [-0.3, -0.25) is 0 Å². The second-order valence-corrected chi connectivity index (χ2v) is 7.64. The van der Waals surface area contributed by atoms with Crippen molar-refractivity contribution in [3.05, 3.63) is 18.2 Å². The number of hydrogen-bond acceptors (Lipinski definition) is 5. The first-order valence-corrected chi connectivity index (χ1v) is 8.81. The van der Waals surface area contributed by atoms with E-state index >= 15 is 0 Å². The third-order valence-corrected chi connectivity index (χ3v) is 5.58. The molecule has 0 unspecified atom stereocenters. The van der Waals surface area contributed by atoms with Gasteiger partial charge >= 0.3 is 0 Å². The molecule has 1 aromatic carbocycles. The molecule has 0 atom stereocenters. The molecule has 0 saturated carbocycles. The molecule has 2 rings (SSSR count). The maximum absolute atomic E-state index is 12.6. The molecule has 8 heteroatoms. The Hall–Kier alpha value is -1.02. The third kappa shape index (κ3) is 4.97. The van der Waals surface area contributed by atoms with Gasteiger partial charge in [0.2, 0.25) is 10.0 Å². The Morgan fingerprint density at radius 3 is 2.43 bits per heavy atom. The van der Waals surface area contributed by atoms with Crippen LogP contribution in [0.15, 0.2) is 23.1 Å². The lowest BCUT2D eigenvalue weighted by Crippen LogP contribution is -2.42. The minimum absolute atomic E-state index is 0. The summed E-state index contributed by atoms with van der Waals surface area (Å²) in [5, 5.41) is 3.29. The molecule has 0 aromatic heterocycles. The quantitative estimate of drug-likeness (QED) is 0.804. The summed E-state index contributed by atoms with van der Waals surface area (Å²) in [4.78, 5) is 0.104. The van der Waals surface area contributed by atoms with Crippen molar-refractivity contribution in [3.8, 4) is 11.5 Å². The van der Waals surface area contributed by atoms with Crippen molar-refractivity contribution in [2.24, 2.45) is 5.41 Å². The summed E-state index contributed by atoms with van der Waals surface area (Å²) in [6, 6.07) is 4.75. The predicted octanol–water partition coefficient (Wildman–Crippen LogP) is 1.79. The molecule has 0 radical (unpaired) electrons. The maximum Gasteiger partial charge on any atom is 0.244 e. The van der Waals surface area contributed by atoms with Gasteiger partial charge in [0, 0.05) is 12.6 Å². The molecule has 132 valence electrons. The fraction of sp³-hybridized carbons (Fsp3) is 0.600. The SMILES string of the molecule is COc1ccc(OC)c(S(=O)(=O)NCC2(C)CCNCC2)c1.Cl. The third-order valence-electron chi connectivity index (χ3n) is 4.16. The number of hydrogen-bond donors (Lipinski definition) is 2. The average molecular weight is 365 g/mol. The van der Waals surface area contributed by atoms with E-state index in [1.807, 2.05) is 0 Å². The number of benzene rings is 1. The van der Waals surface area contributed by atoms with Crippen LogP contribution in [0.1, 0.15) is 19.8 Å².